The summed E-state index contributed by atoms with van der Waals surface area (Å²) in [7, 11) is 1.69. The van der Waals surface area contributed by atoms with Crippen molar-refractivity contribution < 1.29 is 4.74 Å². The second-order valence-electron chi connectivity index (χ2n) is 4.24. The zero-order valence-electron chi connectivity index (χ0n) is 11.0. The molecule has 0 saturated carbocycles. The smallest absolute Gasteiger partial charge is 0.206 e. The Hall–Kier alpha value is -1.62. The van der Waals surface area contributed by atoms with E-state index >= 15 is 0 Å². The van der Waals surface area contributed by atoms with Crippen LogP contribution < -0.4 is 10.1 Å². The Labute approximate surface area is 111 Å². The molecule has 5 heteroatoms. The van der Waals surface area contributed by atoms with E-state index in [1.807, 2.05) is 13.0 Å². The second kappa shape index (κ2) is 5.35. The number of hydrogen-bond acceptors (Lipinski definition) is 5. The number of anilines is 1. The van der Waals surface area contributed by atoms with Crippen molar-refractivity contribution in [1.82, 2.24) is 10.2 Å². The van der Waals surface area contributed by atoms with Gasteiger partial charge < -0.3 is 10.1 Å². The number of aromatic nitrogens is 2. The lowest BCUT2D eigenvalue weighted by Crippen LogP contribution is -2.08. The zero-order chi connectivity index (χ0) is 13.1. The summed E-state index contributed by atoms with van der Waals surface area (Å²) in [5.74, 6) is 0.899. The van der Waals surface area contributed by atoms with E-state index in [4.69, 9.17) is 4.74 Å². The molecule has 96 valence electrons. The SMILES string of the molecule is COc1cc(C)ccc1C(C)Nc1nnc(C)s1. The number of rotatable bonds is 4. The van der Waals surface area contributed by atoms with Gasteiger partial charge in [0.25, 0.3) is 0 Å². The van der Waals surface area contributed by atoms with Crippen LogP contribution in [0.15, 0.2) is 18.2 Å². The molecule has 0 spiro atoms. The molecule has 4 nitrogen and oxygen atoms in total. The van der Waals surface area contributed by atoms with Crippen LogP contribution in [-0.4, -0.2) is 17.3 Å². The van der Waals surface area contributed by atoms with E-state index in [1.165, 1.54) is 5.56 Å². The number of aryl methyl sites for hydroxylation is 2. The van der Waals surface area contributed by atoms with Crippen molar-refractivity contribution in [3.8, 4) is 5.75 Å². The molecule has 0 radical (unpaired) electrons. The van der Waals surface area contributed by atoms with E-state index in [1.54, 1.807) is 18.4 Å². The average Bonchev–Trinajstić information content (AvgIpc) is 2.74. The summed E-state index contributed by atoms with van der Waals surface area (Å²) in [4.78, 5) is 0. The minimum atomic E-state index is 0.132. The van der Waals surface area contributed by atoms with Gasteiger partial charge in [-0.3, -0.25) is 0 Å². The first kappa shape index (κ1) is 12.8. The highest BCUT2D eigenvalue weighted by molar-refractivity contribution is 7.15. The molecule has 2 aromatic rings. The Morgan fingerprint density at radius 3 is 2.67 bits per heavy atom. The normalized spacial score (nSPS) is 12.2. The number of hydrogen-bond donors (Lipinski definition) is 1. The maximum absolute atomic E-state index is 5.42. The first-order valence-corrected chi connectivity index (χ1v) is 6.63. The Bertz CT molecular complexity index is 539. The van der Waals surface area contributed by atoms with Crippen LogP contribution in [0.1, 0.15) is 29.1 Å². The number of ether oxygens (including phenoxy) is 1. The van der Waals surface area contributed by atoms with Gasteiger partial charge in [-0.1, -0.05) is 23.5 Å². The summed E-state index contributed by atoms with van der Waals surface area (Å²) >= 11 is 1.55. The van der Waals surface area contributed by atoms with Crippen LogP contribution in [0.25, 0.3) is 0 Å². The average molecular weight is 263 g/mol. The molecule has 1 heterocycles. The van der Waals surface area contributed by atoms with Gasteiger partial charge in [0.15, 0.2) is 0 Å². The minimum absolute atomic E-state index is 0.132. The summed E-state index contributed by atoms with van der Waals surface area (Å²) in [6.07, 6.45) is 0. The lowest BCUT2D eigenvalue weighted by atomic mass is 10.1. The van der Waals surface area contributed by atoms with Gasteiger partial charge in [0.2, 0.25) is 5.13 Å². The molecule has 2 rings (SSSR count). The van der Waals surface area contributed by atoms with Crippen molar-refractivity contribution in [2.45, 2.75) is 26.8 Å². The standard InChI is InChI=1S/C13H17N3OS/c1-8-5-6-11(12(7-8)17-4)9(2)14-13-16-15-10(3)18-13/h5-7,9H,1-4H3,(H,14,16). The quantitative estimate of drug-likeness (QED) is 0.919. The summed E-state index contributed by atoms with van der Waals surface area (Å²) in [6.45, 7) is 6.09. The van der Waals surface area contributed by atoms with Crippen LogP contribution in [0.2, 0.25) is 0 Å². The molecule has 0 aliphatic rings. The predicted molar refractivity (Wildman–Crippen MR) is 74.4 cm³/mol. The van der Waals surface area contributed by atoms with Gasteiger partial charge >= 0.3 is 0 Å². The van der Waals surface area contributed by atoms with E-state index in [2.05, 4.69) is 41.5 Å². The van der Waals surface area contributed by atoms with Crippen molar-refractivity contribution >= 4 is 16.5 Å². The third-order valence-electron chi connectivity index (χ3n) is 2.72. The van der Waals surface area contributed by atoms with Crippen LogP contribution in [-0.2, 0) is 0 Å². The molecule has 1 unspecified atom stereocenters. The minimum Gasteiger partial charge on any atom is -0.496 e. The van der Waals surface area contributed by atoms with Crippen LogP contribution >= 0.6 is 11.3 Å². The lowest BCUT2D eigenvalue weighted by molar-refractivity contribution is 0.407. The molecular weight excluding hydrogens is 246 g/mol. The molecule has 0 bridgehead atoms. The first-order chi connectivity index (χ1) is 8.60. The highest BCUT2D eigenvalue weighted by Gasteiger charge is 2.13. The first-order valence-electron chi connectivity index (χ1n) is 5.81. The van der Waals surface area contributed by atoms with Gasteiger partial charge in [-0.05, 0) is 32.4 Å². The maximum Gasteiger partial charge on any atom is 0.206 e. The highest BCUT2D eigenvalue weighted by atomic mass is 32.1. The Kier molecular flexibility index (Phi) is 3.81. The van der Waals surface area contributed by atoms with Gasteiger partial charge in [-0.25, -0.2) is 0 Å². The largest absolute Gasteiger partial charge is 0.496 e. The van der Waals surface area contributed by atoms with Gasteiger partial charge in [-0.2, -0.15) is 0 Å². The predicted octanol–water partition coefficient (Wildman–Crippen LogP) is 3.34. The molecule has 1 atom stereocenters. The van der Waals surface area contributed by atoms with E-state index in [0.717, 1.165) is 21.5 Å². The van der Waals surface area contributed by atoms with Crippen molar-refractivity contribution in [1.29, 1.82) is 0 Å². The zero-order valence-corrected chi connectivity index (χ0v) is 11.8. The molecule has 1 N–H and O–H groups in total. The van der Waals surface area contributed by atoms with Crippen LogP contribution in [0, 0.1) is 13.8 Å². The summed E-state index contributed by atoms with van der Waals surface area (Å²) in [6, 6.07) is 6.34. The van der Waals surface area contributed by atoms with Gasteiger partial charge in [0, 0.05) is 5.56 Å². The Morgan fingerprint density at radius 1 is 1.28 bits per heavy atom. The van der Waals surface area contributed by atoms with Crippen molar-refractivity contribution in [3.63, 3.8) is 0 Å². The topological polar surface area (TPSA) is 47.0 Å². The van der Waals surface area contributed by atoms with Crippen molar-refractivity contribution in [3.05, 3.63) is 34.3 Å². The van der Waals surface area contributed by atoms with Crippen LogP contribution in [0.3, 0.4) is 0 Å². The van der Waals surface area contributed by atoms with E-state index < -0.39 is 0 Å². The Balaban J connectivity index is 2.20. The molecule has 0 saturated heterocycles. The summed E-state index contributed by atoms with van der Waals surface area (Å²) in [5.41, 5.74) is 2.31. The van der Waals surface area contributed by atoms with Gasteiger partial charge in [0.1, 0.15) is 10.8 Å². The molecule has 0 fully saturated rings. The van der Waals surface area contributed by atoms with E-state index in [-0.39, 0.29) is 6.04 Å². The van der Waals surface area contributed by atoms with E-state index in [9.17, 15) is 0 Å². The second-order valence-corrected chi connectivity index (χ2v) is 5.42. The molecule has 1 aromatic heterocycles. The molecular formula is C13H17N3OS. The molecule has 1 aromatic carbocycles. The van der Waals surface area contributed by atoms with E-state index in [0.29, 0.717) is 0 Å². The van der Waals surface area contributed by atoms with Gasteiger partial charge in [-0.15, -0.1) is 10.2 Å². The summed E-state index contributed by atoms with van der Waals surface area (Å²) in [5, 5.41) is 13.2. The molecule has 0 amide bonds. The number of nitrogens with zero attached hydrogens (tertiary/aromatic N) is 2. The third kappa shape index (κ3) is 2.79. The molecule has 0 aliphatic carbocycles. The summed E-state index contributed by atoms with van der Waals surface area (Å²) < 4.78 is 5.42. The fourth-order valence-electron chi connectivity index (χ4n) is 1.79. The molecule has 18 heavy (non-hydrogen) atoms. The fourth-order valence-corrected chi connectivity index (χ4v) is 2.47. The number of nitrogens with one attached hydrogen (secondary N) is 1. The molecule has 0 aliphatic heterocycles. The van der Waals surface area contributed by atoms with Crippen LogP contribution in [0.4, 0.5) is 5.13 Å². The third-order valence-corrected chi connectivity index (χ3v) is 3.49. The number of benzene rings is 1. The van der Waals surface area contributed by atoms with Crippen molar-refractivity contribution in [2.75, 3.05) is 12.4 Å². The van der Waals surface area contributed by atoms with Crippen molar-refractivity contribution in [2.24, 2.45) is 0 Å². The highest BCUT2D eigenvalue weighted by Crippen LogP contribution is 2.29. The number of methoxy groups -OCH3 is 1. The fraction of sp³-hybridized carbons (Fsp3) is 0.385. The Morgan fingerprint density at radius 2 is 2.06 bits per heavy atom. The van der Waals surface area contributed by atoms with Gasteiger partial charge in [0.05, 0.1) is 13.2 Å². The maximum atomic E-state index is 5.42. The van der Waals surface area contributed by atoms with Crippen LogP contribution in [0.5, 0.6) is 5.75 Å². The monoisotopic (exact) mass is 263 g/mol. The lowest BCUT2D eigenvalue weighted by Gasteiger charge is -2.16.